The molecule has 0 saturated heterocycles. The quantitative estimate of drug-likeness (QED) is 0.663. The minimum atomic E-state index is 0.181. The molecule has 0 aliphatic heterocycles. The fraction of sp³-hybridized carbons (Fsp3) is 0.647. The van der Waals surface area contributed by atoms with Crippen LogP contribution in [0.1, 0.15) is 52.2 Å². The molecule has 0 heterocycles. The first kappa shape index (κ1) is 16.6. The third-order valence-electron chi connectivity index (χ3n) is 3.31. The van der Waals surface area contributed by atoms with Crippen LogP contribution in [0.25, 0.3) is 0 Å². The molecule has 19 heavy (non-hydrogen) atoms. The SMILES string of the molecule is COc1ccc(C(C)(C)C)cc1CC(Br)CC(C)C. The lowest BCUT2D eigenvalue weighted by Crippen LogP contribution is -2.13. The number of benzene rings is 1. The van der Waals surface area contributed by atoms with Gasteiger partial charge in [0.1, 0.15) is 5.75 Å². The molecule has 0 aliphatic carbocycles. The fourth-order valence-corrected chi connectivity index (χ4v) is 3.33. The van der Waals surface area contributed by atoms with Crippen molar-refractivity contribution in [3.8, 4) is 5.75 Å². The Hall–Kier alpha value is -0.500. The first-order valence-electron chi connectivity index (χ1n) is 7.05. The maximum atomic E-state index is 5.50. The summed E-state index contributed by atoms with van der Waals surface area (Å²) in [6.07, 6.45) is 2.20. The van der Waals surface area contributed by atoms with Crippen molar-refractivity contribution in [1.82, 2.24) is 0 Å². The summed E-state index contributed by atoms with van der Waals surface area (Å²) in [6.45, 7) is 11.3. The van der Waals surface area contributed by atoms with Crippen LogP contribution in [0.15, 0.2) is 18.2 Å². The molecule has 0 aromatic heterocycles. The molecule has 0 saturated carbocycles. The summed E-state index contributed by atoms with van der Waals surface area (Å²) >= 11 is 3.80. The van der Waals surface area contributed by atoms with Gasteiger partial charge in [0.05, 0.1) is 7.11 Å². The predicted molar refractivity (Wildman–Crippen MR) is 87.6 cm³/mol. The molecule has 0 bridgehead atoms. The number of ether oxygens (including phenoxy) is 1. The summed E-state index contributed by atoms with van der Waals surface area (Å²) in [7, 11) is 1.75. The predicted octanol–water partition coefficient (Wildman–Crippen LogP) is 5.34. The second-order valence-corrected chi connectivity index (χ2v) is 8.00. The zero-order chi connectivity index (χ0) is 14.6. The molecule has 2 heteroatoms. The van der Waals surface area contributed by atoms with Crippen LogP contribution in [0, 0.1) is 5.92 Å². The Kier molecular flexibility index (Phi) is 5.91. The molecule has 0 fully saturated rings. The molecule has 1 rings (SSSR count). The monoisotopic (exact) mass is 326 g/mol. The summed E-state index contributed by atoms with van der Waals surface area (Å²) in [4.78, 5) is 0.511. The third-order valence-corrected chi connectivity index (χ3v) is 4.01. The number of halogens is 1. The molecule has 0 spiro atoms. The molecule has 1 aromatic carbocycles. The van der Waals surface area contributed by atoms with Crippen LogP contribution in [0.5, 0.6) is 5.75 Å². The first-order valence-corrected chi connectivity index (χ1v) is 7.97. The first-order chi connectivity index (χ1) is 8.74. The van der Waals surface area contributed by atoms with Crippen molar-refractivity contribution in [3.63, 3.8) is 0 Å². The van der Waals surface area contributed by atoms with Crippen molar-refractivity contribution in [3.05, 3.63) is 29.3 Å². The summed E-state index contributed by atoms with van der Waals surface area (Å²) in [6, 6.07) is 6.58. The molecule has 1 nitrogen and oxygen atoms in total. The van der Waals surface area contributed by atoms with Gasteiger partial charge in [-0.15, -0.1) is 0 Å². The molecule has 0 radical (unpaired) electrons. The second kappa shape index (κ2) is 6.78. The zero-order valence-corrected chi connectivity index (χ0v) is 14.7. The van der Waals surface area contributed by atoms with Crippen LogP contribution in [-0.2, 0) is 11.8 Å². The maximum absolute atomic E-state index is 5.50. The van der Waals surface area contributed by atoms with E-state index in [9.17, 15) is 0 Å². The van der Waals surface area contributed by atoms with E-state index in [-0.39, 0.29) is 5.41 Å². The highest BCUT2D eigenvalue weighted by atomic mass is 79.9. The van der Waals surface area contributed by atoms with Crippen LogP contribution in [0.2, 0.25) is 0 Å². The fourth-order valence-electron chi connectivity index (χ4n) is 2.24. The van der Waals surface area contributed by atoms with Crippen molar-refractivity contribution in [2.45, 2.75) is 57.7 Å². The molecular formula is C17H27BrO. The third kappa shape index (κ3) is 5.18. The van der Waals surface area contributed by atoms with E-state index in [1.165, 1.54) is 17.5 Å². The topological polar surface area (TPSA) is 9.23 Å². The van der Waals surface area contributed by atoms with Gasteiger partial charge in [0, 0.05) is 4.83 Å². The van der Waals surface area contributed by atoms with Gasteiger partial charge in [-0.25, -0.2) is 0 Å². The Morgan fingerprint density at radius 1 is 1.21 bits per heavy atom. The summed E-state index contributed by atoms with van der Waals surface area (Å²) in [5, 5.41) is 0. The van der Waals surface area contributed by atoms with Gasteiger partial charge in [0.2, 0.25) is 0 Å². The number of hydrogen-bond acceptors (Lipinski definition) is 1. The summed E-state index contributed by atoms with van der Waals surface area (Å²) in [5.41, 5.74) is 2.85. The maximum Gasteiger partial charge on any atom is 0.122 e. The highest BCUT2D eigenvalue weighted by molar-refractivity contribution is 9.09. The lowest BCUT2D eigenvalue weighted by molar-refractivity contribution is 0.407. The van der Waals surface area contributed by atoms with E-state index in [2.05, 4.69) is 68.7 Å². The standard InChI is InChI=1S/C17H27BrO/c1-12(2)9-15(18)11-13-10-14(17(3,4)5)7-8-16(13)19-6/h7-8,10,12,15H,9,11H2,1-6H3. The zero-order valence-electron chi connectivity index (χ0n) is 13.1. The van der Waals surface area contributed by atoms with Gasteiger partial charge in [-0.05, 0) is 41.4 Å². The van der Waals surface area contributed by atoms with Crippen LogP contribution in [-0.4, -0.2) is 11.9 Å². The largest absolute Gasteiger partial charge is 0.496 e. The molecule has 0 amide bonds. The van der Waals surface area contributed by atoms with Crippen molar-refractivity contribution >= 4 is 15.9 Å². The van der Waals surface area contributed by atoms with Crippen LogP contribution >= 0.6 is 15.9 Å². The van der Waals surface area contributed by atoms with E-state index < -0.39 is 0 Å². The van der Waals surface area contributed by atoms with Crippen LogP contribution < -0.4 is 4.74 Å². The van der Waals surface area contributed by atoms with E-state index in [0.29, 0.717) is 10.7 Å². The second-order valence-electron chi connectivity index (χ2n) is 6.71. The van der Waals surface area contributed by atoms with Gasteiger partial charge in [-0.1, -0.05) is 62.7 Å². The molecule has 1 unspecified atom stereocenters. The molecule has 0 aliphatic rings. The van der Waals surface area contributed by atoms with E-state index in [1.54, 1.807) is 7.11 Å². The number of alkyl halides is 1. The number of hydrogen-bond donors (Lipinski definition) is 0. The average Bonchev–Trinajstić information content (AvgIpc) is 2.26. The van der Waals surface area contributed by atoms with Gasteiger partial charge in [-0.3, -0.25) is 0 Å². The minimum absolute atomic E-state index is 0.181. The van der Waals surface area contributed by atoms with Crippen LogP contribution in [0.3, 0.4) is 0 Å². The van der Waals surface area contributed by atoms with Crippen LogP contribution in [0.4, 0.5) is 0 Å². The smallest absolute Gasteiger partial charge is 0.122 e. The highest BCUT2D eigenvalue weighted by Gasteiger charge is 2.17. The van der Waals surface area contributed by atoms with E-state index in [1.807, 2.05) is 0 Å². The van der Waals surface area contributed by atoms with Crippen molar-refractivity contribution < 1.29 is 4.74 Å². The Morgan fingerprint density at radius 3 is 2.32 bits per heavy atom. The molecule has 108 valence electrons. The molecule has 1 atom stereocenters. The molecule has 1 aromatic rings. The van der Waals surface area contributed by atoms with Crippen molar-refractivity contribution in [2.24, 2.45) is 5.92 Å². The normalized spacial score (nSPS) is 13.7. The van der Waals surface area contributed by atoms with Gasteiger partial charge in [0.25, 0.3) is 0 Å². The molecular weight excluding hydrogens is 300 g/mol. The highest BCUT2D eigenvalue weighted by Crippen LogP contribution is 2.30. The van der Waals surface area contributed by atoms with Gasteiger partial charge >= 0.3 is 0 Å². The van der Waals surface area contributed by atoms with Gasteiger partial charge in [0.15, 0.2) is 0 Å². The Labute approximate surface area is 126 Å². The molecule has 0 N–H and O–H groups in total. The van der Waals surface area contributed by atoms with Crippen molar-refractivity contribution in [2.75, 3.05) is 7.11 Å². The van der Waals surface area contributed by atoms with E-state index >= 15 is 0 Å². The summed E-state index contributed by atoms with van der Waals surface area (Å²) in [5.74, 6) is 1.71. The minimum Gasteiger partial charge on any atom is -0.496 e. The lowest BCUT2D eigenvalue weighted by atomic mass is 9.85. The van der Waals surface area contributed by atoms with Gasteiger partial charge in [-0.2, -0.15) is 0 Å². The Balaban J connectivity index is 2.96. The number of rotatable bonds is 5. The lowest BCUT2D eigenvalue weighted by Gasteiger charge is -2.22. The average molecular weight is 327 g/mol. The van der Waals surface area contributed by atoms with E-state index in [0.717, 1.165) is 12.2 Å². The van der Waals surface area contributed by atoms with Crippen molar-refractivity contribution in [1.29, 1.82) is 0 Å². The number of methoxy groups -OCH3 is 1. The van der Waals surface area contributed by atoms with E-state index in [4.69, 9.17) is 4.74 Å². The Bertz CT molecular complexity index is 404. The Morgan fingerprint density at radius 2 is 1.84 bits per heavy atom. The van der Waals surface area contributed by atoms with Gasteiger partial charge < -0.3 is 4.74 Å². The summed E-state index contributed by atoms with van der Waals surface area (Å²) < 4.78 is 5.50.